The normalized spacial score (nSPS) is 12.4. The summed E-state index contributed by atoms with van der Waals surface area (Å²) in [5.74, 6) is -4.97. The lowest BCUT2D eigenvalue weighted by molar-refractivity contribution is -0.159. The number of hydrogen-bond donors (Lipinski definition) is 1. The van der Waals surface area contributed by atoms with Crippen LogP contribution in [0, 0.1) is 11.7 Å². The van der Waals surface area contributed by atoms with Crippen molar-refractivity contribution in [2.45, 2.75) is 33.3 Å². The number of Topliss-reactive ketones (excluding diaryl/α,β-unsaturated/α-hetero) is 1. The van der Waals surface area contributed by atoms with Gasteiger partial charge in [-0.1, -0.05) is 0 Å². The third-order valence-electron chi connectivity index (χ3n) is 2.63. The van der Waals surface area contributed by atoms with Crippen molar-refractivity contribution in [3.8, 4) is 0 Å². The van der Waals surface area contributed by atoms with Crippen LogP contribution in [0.1, 0.15) is 38.1 Å². The van der Waals surface area contributed by atoms with Gasteiger partial charge in [0.05, 0.1) is 12.2 Å². The number of carbonyl (C=O) groups is 3. The molecule has 1 aromatic carbocycles. The van der Waals surface area contributed by atoms with Crippen LogP contribution in [0.5, 0.6) is 0 Å². The lowest BCUT2D eigenvalue weighted by Crippen LogP contribution is -2.44. The summed E-state index contributed by atoms with van der Waals surface area (Å²) in [6.07, 6.45) is 0. The standard InChI is InChI=1S/C16H20FNO5/c1-5-22-15(21)12(14(20)18-23-16(2,3)4)13(19)10-6-8-11(17)9-7-10/h6-9,12H,5H2,1-4H3,(H,18,20). The molecule has 1 amide bonds. The first kappa shape index (κ1) is 18.8. The average molecular weight is 325 g/mol. The maximum absolute atomic E-state index is 12.9. The molecule has 1 unspecified atom stereocenters. The Balaban J connectivity index is 3.00. The summed E-state index contributed by atoms with van der Waals surface area (Å²) < 4.78 is 17.7. The predicted molar refractivity (Wildman–Crippen MR) is 79.8 cm³/mol. The maximum Gasteiger partial charge on any atom is 0.326 e. The van der Waals surface area contributed by atoms with Crippen LogP contribution >= 0.6 is 0 Å². The van der Waals surface area contributed by atoms with Crippen LogP contribution in [-0.4, -0.2) is 29.9 Å². The van der Waals surface area contributed by atoms with Crippen LogP contribution in [0.4, 0.5) is 4.39 Å². The van der Waals surface area contributed by atoms with Gasteiger partial charge in [0.25, 0.3) is 5.91 Å². The van der Waals surface area contributed by atoms with Crippen molar-refractivity contribution in [1.82, 2.24) is 5.48 Å². The molecule has 0 spiro atoms. The number of ketones is 1. The summed E-state index contributed by atoms with van der Waals surface area (Å²) >= 11 is 0. The Hall–Kier alpha value is -2.28. The summed E-state index contributed by atoms with van der Waals surface area (Å²) in [6.45, 7) is 6.64. The van der Waals surface area contributed by atoms with E-state index in [-0.39, 0.29) is 12.2 Å². The molecular weight excluding hydrogens is 305 g/mol. The van der Waals surface area contributed by atoms with E-state index in [0.29, 0.717) is 0 Å². The first-order valence-electron chi connectivity index (χ1n) is 7.10. The SMILES string of the molecule is CCOC(=O)C(C(=O)NOC(C)(C)C)C(=O)c1ccc(F)cc1. The van der Waals surface area contributed by atoms with Gasteiger partial charge in [-0.15, -0.1) is 0 Å². The summed E-state index contributed by atoms with van der Waals surface area (Å²) in [6, 6.07) is 4.53. The minimum atomic E-state index is -1.72. The molecule has 0 heterocycles. The molecular formula is C16H20FNO5. The van der Waals surface area contributed by atoms with Crippen LogP contribution < -0.4 is 5.48 Å². The van der Waals surface area contributed by atoms with Crippen LogP contribution in [-0.2, 0) is 19.2 Å². The zero-order valence-electron chi connectivity index (χ0n) is 13.5. The highest BCUT2D eigenvalue weighted by Crippen LogP contribution is 2.14. The Bertz CT molecular complexity index is 577. The number of esters is 1. The van der Waals surface area contributed by atoms with Gasteiger partial charge >= 0.3 is 5.97 Å². The van der Waals surface area contributed by atoms with Crippen LogP contribution in [0.15, 0.2) is 24.3 Å². The van der Waals surface area contributed by atoms with Gasteiger partial charge in [0.2, 0.25) is 5.92 Å². The summed E-state index contributed by atoms with van der Waals surface area (Å²) in [4.78, 5) is 41.6. The Kier molecular flexibility index (Phi) is 6.38. The third kappa shape index (κ3) is 5.78. The number of ether oxygens (including phenoxy) is 1. The molecule has 7 heteroatoms. The van der Waals surface area contributed by atoms with Crippen molar-refractivity contribution in [3.05, 3.63) is 35.6 Å². The lowest BCUT2D eigenvalue weighted by atomic mass is 9.97. The molecule has 1 rings (SSSR count). The van der Waals surface area contributed by atoms with Gasteiger partial charge in [-0.2, -0.15) is 0 Å². The van der Waals surface area contributed by atoms with E-state index < -0.39 is 35.0 Å². The molecule has 6 nitrogen and oxygen atoms in total. The summed E-state index contributed by atoms with van der Waals surface area (Å²) in [7, 11) is 0. The minimum absolute atomic E-state index is 0.0133. The Labute approximate surface area is 133 Å². The van der Waals surface area contributed by atoms with Crippen molar-refractivity contribution >= 4 is 17.7 Å². The molecule has 1 atom stereocenters. The average Bonchev–Trinajstić information content (AvgIpc) is 2.45. The molecule has 0 fully saturated rings. The van der Waals surface area contributed by atoms with Crippen LogP contribution in [0.25, 0.3) is 0 Å². The molecule has 0 aliphatic heterocycles. The summed E-state index contributed by atoms with van der Waals surface area (Å²) in [5.41, 5.74) is 1.41. The van der Waals surface area contributed by atoms with Gasteiger partial charge in [0, 0.05) is 5.56 Å². The monoisotopic (exact) mass is 325 g/mol. The highest BCUT2D eigenvalue weighted by atomic mass is 19.1. The number of halogens is 1. The quantitative estimate of drug-likeness (QED) is 0.374. The second kappa shape index (κ2) is 7.82. The second-order valence-corrected chi connectivity index (χ2v) is 5.74. The van der Waals surface area contributed by atoms with Gasteiger partial charge in [0.15, 0.2) is 5.78 Å². The van der Waals surface area contributed by atoms with E-state index in [0.717, 1.165) is 12.1 Å². The minimum Gasteiger partial charge on any atom is -0.465 e. The Morgan fingerprint density at radius 1 is 1.17 bits per heavy atom. The van der Waals surface area contributed by atoms with E-state index in [2.05, 4.69) is 5.48 Å². The van der Waals surface area contributed by atoms with E-state index in [9.17, 15) is 18.8 Å². The van der Waals surface area contributed by atoms with E-state index in [4.69, 9.17) is 9.57 Å². The number of hydroxylamine groups is 1. The first-order chi connectivity index (χ1) is 10.7. The fraction of sp³-hybridized carbons (Fsp3) is 0.438. The number of benzene rings is 1. The molecule has 0 aromatic heterocycles. The second-order valence-electron chi connectivity index (χ2n) is 5.74. The highest BCUT2D eigenvalue weighted by Gasteiger charge is 2.37. The van der Waals surface area contributed by atoms with E-state index in [1.54, 1.807) is 27.7 Å². The lowest BCUT2D eigenvalue weighted by Gasteiger charge is -2.21. The van der Waals surface area contributed by atoms with E-state index in [1.165, 1.54) is 12.1 Å². The Morgan fingerprint density at radius 3 is 2.22 bits per heavy atom. The third-order valence-corrected chi connectivity index (χ3v) is 2.63. The van der Waals surface area contributed by atoms with Crippen molar-refractivity contribution < 1.29 is 28.3 Å². The van der Waals surface area contributed by atoms with Gasteiger partial charge in [-0.3, -0.25) is 19.2 Å². The molecule has 23 heavy (non-hydrogen) atoms. The van der Waals surface area contributed by atoms with Crippen molar-refractivity contribution in [2.24, 2.45) is 5.92 Å². The van der Waals surface area contributed by atoms with Gasteiger partial charge in [-0.25, -0.2) is 9.87 Å². The highest BCUT2D eigenvalue weighted by molar-refractivity contribution is 6.21. The predicted octanol–water partition coefficient (Wildman–Crippen LogP) is 2.03. The van der Waals surface area contributed by atoms with Gasteiger partial charge in [-0.05, 0) is 52.0 Å². The molecule has 0 saturated heterocycles. The van der Waals surface area contributed by atoms with Gasteiger partial charge < -0.3 is 4.74 Å². The van der Waals surface area contributed by atoms with Crippen molar-refractivity contribution in [1.29, 1.82) is 0 Å². The smallest absolute Gasteiger partial charge is 0.326 e. The van der Waals surface area contributed by atoms with Gasteiger partial charge in [0.1, 0.15) is 5.82 Å². The van der Waals surface area contributed by atoms with Crippen molar-refractivity contribution in [3.63, 3.8) is 0 Å². The first-order valence-corrected chi connectivity index (χ1v) is 7.10. The largest absolute Gasteiger partial charge is 0.465 e. The molecule has 126 valence electrons. The summed E-state index contributed by atoms with van der Waals surface area (Å²) in [5, 5.41) is 0. The molecule has 0 saturated carbocycles. The number of amides is 1. The molecule has 0 aliphatic carbocycles. The molecule has 1 aromatic rings. The molecule has 0 bridgehead atoms. The van der Waals surface area contributed by atoms with Crippen molar-refractivity contribution in [2.75, 3.05) is 6.61 Å². The number of carbonyl (C=O) groups excluding carboxylic acids is 3. The Morgan fingerprint density at radius 2 is 1.74 bits per heavy atom. The van der Waals surface area contributed by atoms with E-state index in [1.807, 2.05) is 0 Å². The fourth-order valence-electron chi connectivity index (χ4n) is 1.60. The maximum atomic E-state index is 12.9. The fourth-order valence-corrected chi connectivity index (χ4v) is 1.60. The van der Waals surface area contributed by atoms with E-state index >= 15 is 0 Å². The van der Waals surface area contributed by atoms with Crippen LogP contribution in [0.2, 0.25) is 0 Å². The molecule has 0 aliphatic rings. The number of rotatable bonds is 6. The number of nitrogens with one attached hydrogen (secondary N) is 1. The number of hydrogen-bond acceptors (Lipinski definition) is 5. The zero-order chi connectivity index (χ0) is 17.6. The van der Waals surface area contributed by atoms with Crippen LogP contribution in [0.3, 0.4) is 0 Å². The molecule has 1 N–H and O–H groups in total. The molecule has 0 radical (unpaired) electrons. The topological polar surface area (TPSA) is 81.7 Å². The zero-order valence-corrected chi connectivity index (χ0v) is 13.5.